The van der Waals surface area contributed by atoms with Gasteiger partial charge in [0.15, 0.2) is 0 Å². The predicted molar refractivity (Wildman–Crippen MR) is 81.3 cm³/mol. The molecule has 4 heteroatoms. The first-order valence-corrected chi connectivity index (χ1v) is 6.65. The third-order valence-electron chi connectivity index (χ3n) is 2.90. The first-order chi connectivity index (χ1) is 9.88. The minimum Gasteiger partial charge on any atom is -0.389 e. The first-order valence-electron chi connectivity index (χ1n) is 6.65. The van der Waals surface area contributed by atoms with Crippen LogP contribution in [0.5, 0.6) is 0 Å². The summed E-state index contributed by atoms with van der Waals surface area (Å²) in [6.45, 7) is 5.09. The molecular formula is C17H17NO3. The highest BCUT2D eigenvalue weighted by Gasteiger charge is 2.24. The van der Waals surface area contributed by atoms with Crippen LogP contribution in [0.2, 0.25) is 0 Å². The molecule has 0 spiro atoms. The van der Waals surface area contributed by atoms with Crippen molar-refractivity contribution >= 4 is 28.8 Å². The normalized spacial score (nSPS) is 11.8. The molecule has 0 bridgehead atoms. The molecule has 0 aliphatic carbocycles. The highest BCUT2D eigenvalue weighted by Crippen LogP contribution is 2.19. The Hall–Kier alpha value is -2.49. The fourth-order valence-electron chi connectivity index (χ4n) is 1.71. The number of hydrogen-bond donors (Lipinski definition) is 0. The Morgan fingerprint density at radius 1 is 1.14 bits per heavy atom. The smallest absolute Gasteiger partial charge is 0.338 e. The Bertz CT molecular complexity index is 706. The molecule has 0 fully saturated rings. The van der Waals surface area contributed by atoms with Crippen molar-refractivity contribution in [2.45, 2.75) is 20.8 Å². The number of carbonyl (C=O) groups excluding carboxylic acids is 2. The van der Waals surface area contributed by atoms with Gasteiger partial charge in [0.2, 0.25) is 0 Å². The number of benzene rings is 1. The van der Waals surface area contributed by atoms with Gasteiger partial charge in [0.05, 0.1) is 5.41 Å². The monoisotopic (exact) mass is 283 g/mol. The van der Waals surface area contributed by atoms with Gasteiger partial charge < -0.3 is 4.74 Å². The van der Waals surface area contributed by atoms with E-state index in [0.29, 0.717) is 0 Å². The van der Waals surface area contributed by atoms with Gasteiger partial charge in [-0.05, 0) is 32.2 Å². The lowest BCUT2D eigenvalue weighted by Crippen LogP contribution is -2.25. The Morgan fingerprint density at radius 2 is 1.86 bits per heavy atom. The van der Waals surface area contributed by atoms with Crippen LogP contribution in [0.25, 0.3) is 16.8 Å². The molecule has 2 aromatic rings. The summed E-state index contributed by atoms with van der Waals surface area (Å²) in [5.74, 6) is -1.23. The number of pyridine rings is 1. The summed E-state index contributed by atoms with van der Waals surface area (Å²) in [5, 5.41) is 1.97. The zero-order chi connectivity index (χ0) is 15.5. The molecule has 21 heavy (non-hydrogen) atoms. The number of esters is 2. The Balaban J connectivity index is 2.17. The molecule has 0 saturated carbocycles. The van der Waals surface area contributed by atoms with Gasteiger partial charge in [0, 0.05) is 29.4 Å². The second kappa shape index (κ2) is 5.87. The quantitative estimate of drug-likeness (QED) is 0.482. The lowest BCUT2D eigenvalue weighted by Gasteiger charge is -2.14. The van der Waals surface area contributed by atoms with Crippen molar-refractivity contribution < 1.29 is 14.3 Å². The zero-order valence-electron chi connectivity index (χ0n) is 12.3. The van der Waals surface area contributed by atoms with Gasteiger partial charge in [-0.1, -0.05) is 24.3 Å². The van der Waals surface area contributed by atoms with Crippen molar-refractivity contribution in [3.05, 3.63) is 48.3 Å². The number of aromatic nitrogens is 1. The molecule has 0 atom stereocenters. The largest absolute Gasteiger partial charge is 0.389 e. The number of hydrogen-bond acceptors (Lipinski definition) is 4. The van der Waals surface area contributed by atoms with E-state index in [1.165, 1.54) is 6.08 Å². The molecule has 0 amide bonds. The fraction of sp³-hybridized carbons (Fsp3) is 0.235. The first kappa shape index (κ1) is 14.9. The summed E-state index contributed by atoms with van der Waals surface area (Å²) in [6, 6.07) is 7.73. The van der Waals surface area contributed by atoms with Crippen LogP contribution in [0, 0.1) is 5.41 Å². The summed E-state index contributed by atoms with van der Waals surface area (Å²) in [7, 11) is 0. The summed E-state index contributed by atoms with van der Waals surface area (Å²) in [4.78, 5) is 27.4. The maximum absolute atomic E-state index is 11.7. The number of ether oxygens (including phenoxy) is 1. The van der Waals surface area contributed by atoms with E-state index in [0.717, 1.165) is 16.3 Å². The van der Waals surface area contributed by atoms with E-state index in [2.05, 4.69) is 4.98 Å². The summed E-state index contributed by atoms with van der Waals surface area (Å²) >= 11 is 0. The van der Waals surface area contributed by atoms with Crippen LogP contribution in [-0.2, 0) is 14.3 Å². The van der Waals surface area contributed by atoms with E-state index >= 15 is 0 Å². The number of rotatable bonds is 2. The topological polar surface area (TPSA) is 56.3 Å². The number of fused-ring (bicyclic) bond motifs is 1. The van der Waals surface area contributed by atoms with Gasteiger partial charge in [-0.3, -0.25) is 9.78 Å². The molecule has 0 N–H and O–H groups in total. The van der Waals surface area contributed by atoms with Crippen LogP contribution >= 0.6 is 0 Å². The minimum atomic E-state index is -0.704. The number of carbonyl (C=O) groups is 2. The van der Waals surface area contributed by atoms with Crippen LogP contribution in [0.4, 0.5) is 0 Å². The molecule has 0 unspecified atom stereocenters. The van der Waals surface area contributed by atoms with Crippen LogP contribution < -0.4 is 0 Å². The molecule has 0 aliphatic heterocycles. The van der Waals surface area contributed by atoms with Crippen LogP contribution in [0.3, 0.4) is 0 Å². The molecule has 108 valence electrons. The Morgan fingerprint density at radius 3 is 2.57 bits per heavy atom. The lowest BCUT2D eigenvalue weighted by atomic mass is 9.97. The zero-order valence-corrected chi connectivity index (χ0v) is 12.3. The van der Waals surface area contributed by atoms with Crippen molar-refractivity contribution in [1.29, 1.82) is 0 Å². The van der Waals surface area contributed by atoms with E-state index in [-0.39, 0.29) is 0 Å². The van der Waals surface area contributed by atoms with E-state index in [1.807, 2.05) is 24.3 Å². The molecule has 4 nitrogen and oxygen atoms in total. The van der Waals surface area contributed by atoms with Gasteiger partial charge in [0.25, 0.3) is 0 Å². The van der Waals surface area contributed by atoms with Gasteiger partial charge in [-0.2, -0.15) is 0 Å². The highest BCUT2D eigenvalue weighted by atomic mass is 16.6. The van der Waals surface area contributed by atoms with Gasteiger partial charge in [0.1, 0.15) is 0 Å². The second-order valence-electron chi connectivity index (χ2n) is 5.74. The molecule has 2 rings (SSSR count). The second-order valence-corrected chi connectivity index (χ2v) is 5.74. The summed E-state index contributed by atoms with van der Waals surface area (Å²) in [6.07, 6.45) is 6.27. The van der Waals surface area contributed by atoms with Gasteiger partial charge >= 0.3 is 11.9 Å². The highest BCUT2D eigenvalue weighted by molar-refractivity contribution is 5.98. The van der Waals surface area contributed by atoms with Crippen LogP contribution in [-0.4, -0.2) is 16.9 Å². The SMILES string of the molecule is CC(C)(C)C(=O)OC(=O)/C=C/c1cncc2ccccc12. The van der Waals surface area contributed by atoms with Gasteiger partial charge in [-0.15, -0.1) is 0 Å². The number of nitrogens with zero attached hydrogens (tertiary/aromatic N) is 1. The standard InChI is InChI=1S/C17H17NO3/c1-17(2,3)16(20)21-15(19)9-8-13-11-18-10-12-6-4-5-7-14(12)13/h4-11H,1-3H3/b9-8+. The average molecular weight is 283 g/mol. The van der Waals surface area contributed by atoms with Crippen LogP contribution in [0.15, 0.2) is 42.7 Å². The fourth-order valence-corrected chi connectivity index (χ4v) is 1.71. The molecule has 1 heterocycles. The lowest BCUT2D eigenvalue weighted by molar-refractivity contribution is -0.162. The molecule has 1 aromatic carbocycles. The maximum atomic E-state index is 11.7. The summed E-state index contributed by atoms with van der Waals surface area (Å²) in [5.41, 5.74) is 0.0954. The van der Waals surface area contributed by atoms with E-state index in [1.54, 1.807) is 39.2 Å². The molecule has 0 radical (unpaired) electrons. The average Bonchev–Trinajstić information content (AvgIpc) is 2.44. The Kier molecular flexibility index (Phi) is 4.17. The molecular weight excluding hydrogens is 266 g/mol. The van der Waals surface area contributed by atoms with E-state index in [4.69, 9.17) is 4.74 Å². The minimum absolute atomic E-state index is 0.548. The predicted octanol–water partition coefficient (Wildman–Crippen LogP) is 3.36. The van der Waals surface area contributed by atoms with Crippen molar-refractivity contribution in [3.63, 3.8) is 0 Å². The van der Waals surface area contributed by atoms with E-state index < -0.39 is 17.4 Å². The van der Waals surface area contributed by atoms with Crippen molar-refractivity contribution in [3.8, 4) is 0 Å². The van der Waals surface area contributed by atoms with Crippen molar-refractivity contribution in [2.24, 2.45) is 5.41 Å². The third-order valence-corrected chi connectivity index (χ3v) is 2.90. The third kappa shape index (κ3) is 3.75. The molecule has 0 saturated heterocycles. The van der Waals surface area contributed by atoms with Gasteiger partial charge in [-0.25, -0.2) is 4.79 Å². The summed E-state index contributed by atoms with van der Waals surface area (Å²) < 4.78 is 4.76. The maximum Gasteiger partial charge on any atom is 0.338 e. The van der Waals surface area contributed by atoms with Crippen LogP contribution in [0.1, 0.15) is 26.3 Å². The Labute approximate surface area is 123 Å². The van der Waals surface area contributed by atoms with Crippen molar-refractivity contribution in [2.75, 3.05) is 0 Å². The molecule has 0 aliphatic rings. The molecule has 1 aromatic heterocycles. The van der Waals surface area contributed by atoms with Crippen molar-refractivity contribution in [1.82, 2.24) is 4.98 Å². The van der Waals surface area contributed by atoms with E-state index in [9.17, 15) is 9.59 Å².